The topological polar surface area (TPSA) is 20.2 Å². The fourth-order valence-corrected chi connectivity index (χ4v) is 1.64. The van der Waals surface area contributed by atoms with Gasteiger partial charge in [0.05, 0.1) is 6.61 Å². The highest BCUT2D eigenvalue weighted by Gasteiger charge is 2.27. The Morgan fingerprint density at radius 1 is 1.82 bits per heavy atom. The molecule has 1 aliphatic carbocycles. The average Bonchev–Trinajstić information content (AvgIpc) is 2.05. The normalized spacial score (nSPS) is 31.3. The zero-order valence-electron chi connectivity index (χ0n) is 7.14. The Hall–Kier alpha value is -0.560. The van der Waals surface area contributed by atoms with Crippen LogP contribution in [0.4, 0.5) is 0 Å². The summed E-state index contributed by atoms with van der Waals surface area (Å²) in [6.07, 6.45) is 7.47. The molecule has 0 aromatic heterocycles. The number of allylic oxidation sites excluding steroid dienone is 2. The fraction of sp³-hybridized carbons (Fsp3) is 0.600. The number of aliphatic hydroxyl groups is 1. The molecule has 0 amide bonds. The van der Waals surface area contributed by atoms with E-state index in [-0.39, 0.29) is 12.0 Å². The van der Waals surface area contributed by atoms with Crippen LogP contribution in [0.5, 0.6) is 0 Å². The van der Waals surface area contributed by atoms with Gasteiger partial charge in [0.15, 0.2) is 0 Å². The molecule has 0 aliphatic heterocycles. The van der Waals surface area contributed by atoms with Crippen LogP contribution < -0.4 is 0 Å². The zero-order chi connectivity index (χ0) is 8.32. The highest BCUT2D eigenvalue weighted by Crippen LogP contribution is 2.36. The van der Waals surface area contributed by atoms with E-state index in [1.165, 1.54) is 12.0 Å². The summed E-state index contributed by atoms with van der Waals surface area (Å²) in [4.78, 5) is 0. The Morgan fingerprint density at radius 3 is 3.00 bits per heavy atom. The van der Waals surface area contributed by atoms with E-state index < -0.39 is 0 Å². The third-order valence-electron chi connectivity index (χ3n) is 2.56. The third-order valence-corrected chi connectivity index (χ3v) is 2.56. The van der Waals surface area contributed by atoms with E-state index in [1.807, 2.05) is 6.08 Å². The highest BCUT2D eigenvalue weighted by atomic mass is 16.3. The van der Waals surface area contributed by atoms with Crippen molar-refractivity contribution in [1.29, 1.82) is 0 Å². The number of hydrogen-bond acceptors (Lipinski definition) is 1. The summed E-state index contributed by atoms with van der Waals surface area (Å²) in [6.45, 7) is 6.09. The molecule has 0 aromatic carbocycles. The summed E-state index contributed by atoms with van der Waals surface area (Å²) in [5.41, 5.74) is 1.20. The summed E-state index contributed by atoms with van der Waals surface area (Å²) in [7, 11) is 0. The molecule has 0 heterocycles. The van der Waals surface area contributed by atoms with Gasteiger partial charge in [-0.1, -0.05) is 25.7 Å². The summed E-state index contributed by atoms with van der Waals surface area (Å²) in [5.74, 6) is 0. The number of aliphatic hydroxyl groups excluding tert-OH is 1. The second-order valence-electron chi connectivity index (χ2n) is 3.47. The average molecular weight is 152 g/mol. The number of rotatable bonds is 2. The summed E-state index contributed by atoms with van der Waals surface area (Å²) in [5, 5.41) is 9.16. The molecule has 1 rings (SSSR count). The lowest BCUT2D eigenvalue weighted by Crippen LogP contribution is -2.25. The van der Waals surface area contributed by atoms with Crippen molar-refractivity contribution in [1.82, 2.24) is 0 Å². The SMILES string of the molecule is C=CC1=CCCC[C@]1(C)CO. The minimum atomic E-state index is -0.0139. The minimum Gasteiger partial charge on any atom is -0.395 e. The van der Waals surface area contributed by atoms with E-state index >= 15 is 0 Å². The second kappa shape index (κ2) is 3.22. The van der Waals surface area contributed by atoms with Crippen molar-refractivity contribution in [2.75, 3.05) is 6.61 Å². The van der Waals surface area contributed by atoms with Crippen molar-refractivity contribution >= 4 is 0 Å². The van der Waals surface area contributed by atoms with Crippen LogP contribution in [0.25, 0.3) is 0 Å². The Labute approximate surface area is 68.4 Å². The Balaban J connectivity index is 2.84. The van der Waals surface area contributed by atoms with Gasteiger partial charge in [-0.2, -0.15) is 0 Å². The Morgan fingerprint density at radius 2 is 2.55 bits per heavy atom. The fourth-order valence-electron chi connectivity index (χ4n) is 1.64. The van der Waals surface area contributed by atoms with Crippen molar-refractivity contribution in [3.63, 3.8) is 0 Å². The maximum Gasteiger partial charge on any atom is 0.0525 e. The largest absolute Gasteiger partial charge is 0.395 e. The molecule has 0 spiro atoms. The van der Waals surface area contributed by atoms with Gasteiger partial charge in [0.2, 0.25) is 0 Å². The van der Waals surface area contributed by atoms with Gasteiger partial charge >= 0.3 is 0 Å². The first-order valence-corrected chi connectivity index (χ1v) is 4.17. The molecule has 1 atom stereocenters. The number of hydrogen-bond donors (Lipinski definition) is 1. The van der Waals surface area contributed by atoms with E-state index in [2.05, 4.69) is 19.6 Å². The molecule has 0 unspecified atom stereocenters. The summed E-state index contributed by atoms with van der Waals surface area (Å²) in [6, 6.07) is 0. The lowest BCUT2D eigenvalue weighted by molar-refractivity contribution is 0.161. The van der Waals surface area contributed by atoms with E-state index in [1.54, 1.807) is 0 Å². The van der Waals surface area contributed by atoms with Crippen molar-refractivity contribution in [3.05, 3.63) is 24.3 Å². The van der Waals surface area contributed by atoms with Crippen LogP contribution in [-0.4, -0.2) is 11.7 Å². The van der Waals surface area contributed by atoms with Gasteiger partial charge in [-0.25, -0.2) is 0 Å². The van der Waals surface area contributed by atoms with Crippen LogP contribution in [-0.2, 0) is 0 Å². The Bertz CT molecular complexity index is 181. The molecule has 1 nitrogen and oxygen atoms in total. The zero-order valence-corrected chi connectivity index (χ0v) is 7.14. The van der Waals surface area contributed by atoms with Crippen molar-refractivity contribution in [3.8, 4) is 0 Å². The van der Waals surface area contributed by atoms with Gasteiger partial charge < -0.3 is 5.11 Å². The van der Waals surface area contributed by atoms with Gasteiger partial charge in [-0.15, -0.1) is 0 Å². The van der Waals surface area contributed by atoms with Crippen LogP contribution in [0, 0.1) is 5.41 Å². The molecule has 62 valence electrons. The molecule has 1 aliphatic rings. The van der Waals surface area contributed by atoms with Gasteiger partial charge in [-0.3, -0.25) is 0 Å². The highest BCUT2D eigenvalue weighted by molar-refractivity contribution is 5.26. The van der Waals surface area contributed by atoms with Gasteiger partial charge in [-0.05, 0) is 24.8 Å². The lowest BCUT2D eigenvalue weighted by Gasteiger charge is -2.32. The maximum atomic E-state index is 9.16. The third kappa shape index (κ3) is 1.54. The lowest BCUT2D eigenvalue weighted by atomic mass is 9.75. The predicted molar refractivity (Wildman–Crippen MR) is 47.3 cm³/mol. The van der Waals surface area contributed by atoms with Crippen LogP contribution in [0.2, 0.25) is 0 Å². The maximum absolute atomic E-state index is 9.16. The minimum absolute atomic E-state index is 0.0139. The molecular formula is C10H16O. The molecule has 0 radical (unpaired) electrons. The van der Waals surface area contributed by atoms with E-state index in [9.17, 15) is 0 Å². The molecule has 11 heavy (non-hydrogen) atoms. The molecule has 0 saturated heterocycles. The first-order valence-electron chi connectivity index (χ1n) is 4.17. The van der Waals surface area contributed by atoms with Crippen LogP contribution in [0.1, 0.15) is 26.2 Å². The molecular weight excluding hydrogens is 136 g/mol. The first-order chi connectivity index (χ1) is 5.23. The molecule has 0 saturated carbocycles. The van der Waals surface area contributed by atoms with Crippen LogP contribution in [0.15, 0.2) is 24.3 Å². The second-order valence-corrected chi connectivity index (χ2v) is 3.47. The quantitative estimate of drug-likeness (QED) is 0.643. The molecule has 0 fully saturated rings. The first kappa shape index (κ1) is 8.54. The molecule has 0 aromatic rings. The van der Waals surface area contributed by atoms with Crippen molar-refractivity contribution in [2.45, 2.75) is 26.2 Å². The van der Waals surface area contributed by atoms with E-state index in [0.717, 1.165) is 12.8 Å². The smallest absolute Gasteiger partial charge is 0.0525 e. The van der Waals surface area contributed by atoms with Crippen molar-refractivity contribution in [2.24, 2.45) is 5.41 Å². The van der Waals surface area contributed by atoms with Crippen molar-refractivity contribution < 1.29 is 5.11 Å². The van der Waals surface area contributed by atoms with Crippen LogP contribution >= 0.6 is 0 Å². The summed E-state index contributed by atoms with van der Waals surface area (Å²) >= 11 is 0. The molecule has 1 N–H and O–H groups in total. The predicted octanol–water partition coefficient (Wildman–Crippen LogP) is 2.28. The van der Waals surface area contributed by atoms with Crippen LogP contribution in [0.3, 0.4) is 0 Å². The van der Waals surface area contributed by atoms with Gasteiger partial charge in [0.25, 0.3) is 0 Å². The molecule has 0 bridgehead atoms. The Kier molecular flexibility index (Phi) is 2.50. The standard InChI is InChI=1S/C10H16O/c1-3-9-6-4-5-7-10(9,2)8-11/h3,6,11H,1,4-5,7-8H2,2H3/t10-/m1/s1. The summed E-state index contributed by atoms with van der Waals surface area (Å²) < 4.78 is 0. The monoisotopic (exact) mass is 152 g/mol. The van der Waals surface area contributed by atoms with Gasteiger partial charge in [0, 0.05) is 5.41 Å². The van der Waals surface area contributed by atoms with E-state index in [4.69, 9.17) is 5.11 Å². The van der Waals surface area contributed by atoms with E-state index in [0.29, 0.717) is 0 Å². The molecule has 1 heteroatoms. The van der Waals surface area contributed by atoms with Gasteiger partial charge in [0.1, 0.15) is 0 Å².